The molecule has 0 aliphatic rings. The fraction of sp³-hybridized carbons (Fsp3) is 0.706. The van der Waals surface area contributed by atoms with E-state index in [-0.39, 0.29) is 18.1 Å². The Labute approximate surface area is 153 Å². The summed E-state index contributed by atoms with van der Waals surface area (Å²) in [5.41, 5.74) is 0.272. The van der Waals surface area contributed by atoms with Gasteiger partial charge in [0.2, 0.25) is 6.08 Å². The minimum absolute atomic E-state index is 0.0328. The lowest BCUT2D eigenvalue weighted by Crippen LogP contribution is -2.33. The van der Waals surface area contributed by atoms with Crippen LogP contribution < -0.4 is 5.32 Å². The summed E-state index contributed by atoms with van der Waals surface area (Å²) >= 11 is 5.69. The van der Waals surface area contributed by atoms with Crippen LogP contribution in [0.3, 0.4) is 0 Å². The number of esters is 1. The van der Waals surface area contributed by atoms with Crippen LogP contribution in [-0.4, -0.2) is 49.8 Å². The summed E-state index contributed by atoms with van der Waals surface area (Å²) in [6.07, 6.45) is 6.14. The number of nitrogens with zero attached hydrogens (tertiary/aromatic N) is 1. The lowest BCUT2D eigenvalue weighted by molar-refractivity contribution is -0.141. The largest absolute Gasteiger partial charge is 0.458 e. The zero-order chi connectivity index (χ0) is 18.9. The van der Waals surface area contributed by atoms with E-state index in [1.807, 2.05) is 0 Å². The zero-order valence-corrected chi connectivity index (χ0v) is 15.5. The van der Waals surface area contributed by atoms with Gasteiger partial charge >= 0.3 is 12.1 Å². The van der Waals surface area contributed by atoms with Crippen molar-refractivity contribution in [3.63, 3.8) is 0 Å². The first-order valence-corrected chi connectivity index (χ1v) is 8.91. The molecule has 1 unspecified atom stereocenters. The number of halogens is 1. The van der Waals surface area contributed by atoms with Crippen LogP contribution in [0.15, 0.2) is 17.1 Å². The maximum atomic E-state index is 11.6. The molecule has 0 fully saturated rings. The van der Waals surface area contributed by atoms with Gasteiger partial charge < -0.3 is 14.8 Å². The summed E-state index contributed by atoms with van der Waals surface area (Å²) in [4.78, 5) is 36.3. The molecular weight excluding hydrogens is 348 g/mol. The molecule has 25 heavy (non-hydrogen) atoms. The number of hydrogen-bond acceptors (Lipinski definition) is 6. The summed E-state index contributed by atoms with van der Waals surface area (Å²) in [6.45, 7) is 5.94. The van der Waals surface area contributed by atoms with Crippen molar-refractivity contribution in [2.24, 2.45) is 4.99 Å². The van der Waals surface area contributed by atoms with Crippen LogP contribution in [0.4, 0.5) is 4.79 Å². The Morgan fingerprint density at radius 2 is 1.84 bits per heavy atom. The normalized spacial score (nSPS) is 11.1. The maximum Gasteiger partial charge on any atom is 0.407 e. The zero-order valence-electron chi connectivity index (χ0n) is 14.7. The van der Waals surface area contributed by atoms with Gasteiger partial charge in [-0.3, -0.25) is 0 Å². The van der Waals surface area contributed by atoms with E-state index in [0.29, 0.717) is 13.1 Å². The highest BCUT2D eigenvalue weighted by atomic mass is 35.5. The number of unbranched alkanes of at least 4 members (excludes halogenated alkanes) is 5. The molecule has 0 aliphatic carbocycles. The molecule has 8 heteroatoms. The third-order valence-corrected chi connectivity index (χ3v) is 3.57. The average molecular weight is 375 g/mol. The van der Waals surface area contributed by atoms with Crippen LogP contribution >= 0.6 is 11.6 Å². The molecule has 0 bridgehead atoms. The fourth-order valence-electron chi connectivity index (χ4n) is 1.85. The van der Waals surface area contributed by atoms with Gasteiger partial charge in [-0.15, -0.1) is 11.6 Å². The van der Waals surface area contributed by atoms with Gasteiger partial charge in [-0.25, -0.2) is 19.4 Å². The topological polar surface area (TPSA) is 94.1 Å². The SMILES string of the molecule is C=C(C)C(=O)OCC(CCl)OC(=O)NCCCCCCCCN=C=O. The summed E-state index contributed by atoms with van der Waals surface area (Å²) in [5, 5.41) is 2.64. The molecular formula is C17H27ClN2O5. The Balaban J connectivity index is 3.65. The second-order valence-electron chi connectivity index (χ2n) is 5.58. The van der Waals surface area contributed by atoms with Gasteiger partial charge in [-0.05, 0) is 19.8 Å². The average Bonchev–Trinajstić information content (AvgIpc) is 2.59. The number of alkyl halides is 1. The molecule has 0 saturated heterocycles. The van der Waals surface area contributed by atoms with Gasteiger partial charge in [0.05, 0.1) is 12.4 Å². The highest BCUT2D eigenvalue weighted by Gasteiger charge is 2.16. The van der Waals surface area contributed by atoms with Gasteiger partial charge in [0.25, 0.3) is 0 Å². The number of amides is 1. The van der Waals surface area contributed by atoms with Crippen molar-refractivity contribution in [2.45, 2.75) is 51.6 Å². The van der Waals surface area contributed by atoms with Crippen molar-refractivity contribution >= 4 is 29.7 Å². The third kappa shape index (κ3) is 14.2. The standard InChI is InChI=1S/C17H27ClN2O5/c1-14(2)16(22)24-12-15(11-18)25-17(23)20-10-8-6-4-3-5-7-9-19-13-21/h15H,1,3-12H2,2H3,(H,20,23). The lowest BCUT2D eigenvalue weighted by Gasteiger charge is -2.16. The highest BCUT2D eigenvalue weighted by Crippen LogP contribution is 2.05. The molecule has 1 amide bonds. The van der Waals surface area contributed by atoms with E-state index < -0.39 is 18.2 Å². The van der Waals surface area contributed by atoms with Crippen LogP contribution in [0.2, 0.25) is 0 Å². The molecule has 1 atom stereocenters. The van der Waals surface area contributed by atoms with Crippen molar-refractivity contribution in [2.75, 3.05) is 25.6 Å². The van der Waals surface area contributed by atoms with Gasteiger partial charge in [0.1, 0.15) is 6.61 Å². The van der Waals surface area contributed by atoms with Gasteiger partial charge in [-0.2, -0.15) is 0 Å². The van der Waals surface area contributed by atoms with E-state index in [1.54, 1.807) is 0 Å². The Morgan fingerprint density at radius 3 is 2.44 bits per heavy atom. The number of aliphatic imine (C=N–C) groups is 1. The van der Waals surface area contributed by atoms with Crippen LogP contribution in [0.25, 0.3) is 0 Å². The minimum Gasteiger partial charge on any atom is -0.458 e. The van der Waals surface area contributed by atoms with Gasteiger partial charge in [-0.1, -0.05) is 32.3 Å². The van der Waals surface area contributed by atoms with E-state index in [0.717, 1.165) is 38.5 Å². The van der Waals surface area contributed by atoms with Crippen LogP contribution in [0.5, 0.6) is 0 Å². The maximum absolute atomic E-state index is 11.6. The molecule has 0 rings (SSSR count). The molecule has 0 aromatic heterocycles. The number of carbonyl (C=O) groups is 2. The number of carbonyl (C=O) groups excluding carboxylic acids is 3. The first-order chi connectivity index (χ1) is 12.0. The smallest absolute Gasteiger partial charge is 0.407 e. The molecule has 0 heterocycles. The van der Waals surface area contributed by atoms with E-state index in [2.05, 4.69) is 16.9 Å². The van der Waals surface area contributed by atoms with Gasteiger partial charge in [0.15, 0.2) is 6.10 Å². The van der Waals surface area contributed by atoms with E-state index in [4.69, 9.17) is 21.1 Å². The second-order valence-corrected chi connectivity index (χ2v) is 5.89. The van der Waals surface area contributed by atoms with Crippen LogP contribution in [-0.2, 0) is 19.1 Å². The number of hydrogen-bond donors (Lipinski definition) is 1. The van der Waals surface area contributed by atoms with E-state index in [9.17, 15) is 14.4 Å². The molecule has 0 aromatic carbocycles. The Hall–Kier alpha value is -1.85. The lowest BCUT2D eigenvalue weighted by atomic mass is 10.1. The Morgan fingerprint density at radius 1 is 1.20 bits per heavy atom. The fourth-order valence-corrected chi connectivity index (χ4v) is 2.01. The second kappa shape index (κ2) is 15.7. The first kappa shape index (κ1) is 23.1. The predicted molar refractivity (Wildman–Crippen MR) is 95.5 cm³/mol. The highest BCUT2D eigenvalue weighted by molar-refractivity contribution is 6.18. The van der Waals surface area contributed by atoms with Crippen molar-refractivity contribution in [1.82, 2.24) is 5.32 Å². The number of isocyanates is 1. The Bertz CT molecular complexity index is 464. The molecule has 1 N–H and O–H groups in total. The van der Waals surface area contributed by atoms with E-state index in [1.165, 1.54) is 13.0 Å². The summed E-state index contributed by atoms with van der Waals surface area (Å²) < 4.78 is 9.99. The molecule has 0 aliphatic heterocycles. The minimum atomic E-state index is -0.695. The third-order valence-electron chi connectivity index (χ3n) is 3.23. The van der Waals surface area contributed by atoms with Crippen molar-refractivity contribution in [3.8, 4) is 0 Å². The summed E-state index contributed by atoms with van der Waals surface area (Å²) in [6, 6.07) is 0. The van der Waals surface area contributed by atoms with Crippen LogP contribution in [0.1, 0.15) is 45.4 Å². The monoisotopic (exact) mass is 374 g/mol. The molecule has 142 valence electrons. The number of ether oxygens (including phenoxy) is 2. The van der Waals surface area contributed by atoms with E-state index >= 15 is 0 Å². The quantitative estimate of drug-likeness (QED) is 0.126. The molecule has 0 aromatic rings. The Kier molecular flexibility index (Phi) is 14.5. The summed E-state index contributed by atoms with van der Waals surface area (Å²) in [7, 11) is 0. The number of rotatable bonds is 14. The van der Waals surface area contributed by atoms with Gasteiger partial charge in [0, 0.05) is 12.1 Å². The number of alkyl carbamates (subject to hydrolysis) is 1. The molecule has 0 radical (unpaired) electrons. The van der Waals surface area contributed by atoms with Crippen molar-refractivity contribution in [3.05, 3.63) is 12.2 Å². The van der Waals surface area contributed by atoms with Crippen LogP contribution in [0, 0.1) is 0 Å². The predicted octanol–water partition coefficient (Wildman–Crippen LogP) is 3.12. The molecule has 0 saturated carbocycles. The summed E-state index contributed by atoms with van der Waals surface area (Å²) in [5.74, 6) is -0.512. The molecule has 0 spiro atoms. The van der Waals surface area contributed by atoms with Crippen molar-refractivity contribution < 1.29 is 23.9 Å². The van der Waals surface area contributed by atoms with Crippen molar-refractivity contribution in [1.29, 1.82) is 0 Å². The number of nitrogens with one attached hydrogen (secondary N) is 1. The molecule has 7 nitrogen and oxygen atoms in total. The first-order valence-electron chi connectivity index (χ1n) is 8.38.